The molecule has 0 saturated heterocycles. The predicted molar refractivity (Wildman–Crippen MR) is 104 cm³/mol. The van der Waals surface area contributed by atoms with E-state index in [1.807, 2.05) is 50.4 Å². The number of rotatable bonds is 6. The van der Waals surface area contributed by atoms with Crippen LogP contribution >= 0.6 is 0 Å². The van der Waals surface area contributed by atoms with Crippen LogP contribution in [0.25, 0.3) is 10.9 Å². The van der Waals surface area contributed by atoms with E-state index in [4.69, 9.17) is 0 Å². The zero-order valence-corrected chi connectivity index (χ0v) is 15.1. The molecule has 3 rings (SSSR count). The number of benzene rings is 2. The number of fused-ring (bicyclic) bond motifs is 1. The summed E-state index contributed by atoms with van der Waals surface area (Å²) in [6, 6.07) is 16.5. The summed E-state index contributed by atoms with van der Waals surface area (Å²) in [5.74, 6) is 0.167. The molecule has 0 aliphatic carbocycles. The fourth-order valence-corrected chi connectivity index (χ4v) is 3.07. The molecule has 1 aromatic heterocycles. The van der Waals surface area contributed by atoms with Gasteiger partial charge in [-0.05, 0) is 35.7 Å². The van der Waals surface area contributed by atoms with Gasteiger partial charge in [-0.15, -0.1) is 0 Å². The van der Waals surface area contributed by atoms with Crippen LogP contribution in [0, 0.1) is 0 Å². The van der Waals surface area contributed by atoms with Crippen molar-refractivity contribution in [2.45, 2.75) is 19.4 Å². The third kappa shape index (κ3) is 4.02. The molecule has 0 bridgehead atoms. The Kier molecular flexibility index (Phi) is 5.08. The molecule has 0 fully saturated rings. The van der Waals surface area contributed by atoms with Crippen molar-refractivity contribution in [3.8, 4) is 0 Å². The van der Waals surface area contributed by atoms with Crippen molar-refractivity contribution in [2.24, 2.45) is 0 Å². The molecule has 0 atom stereocenters. The lowest BCUT2D eigenvalue weighted by molar-refractivity contribution is -0.130. The Labute approximate surface area is 149 Å². The highest BCUT2D eigenvalue weighted by atomic mass is 16.2. The quantitative estimate of drug-likeness (QED) is 0.744. The van der Waals surface area contributed by atoms with Gasteiger partial charge in [-0.3, -0.25) is 4.79 Å². The van der Waals surface area contributed by atoms with Crippen molar-refractivity contribution in [3.63, 3.8) is 0 Å². The van der Waals surface area contributed by atoms with Gasteiger partial charge in [0, 0.05) is 56.9 Å². The highest BCUT2D eigenvalue weighted by Gasteiger charge is 2.11. The van der Waals surface area contributed by atoms with Gasteiger partial charge in [0.1, 0.15) is 0 Å². The Morgan fingerprint density at radius 1 is 1.04 bits per heavy atom. The fraction of sp³-hybridized carbons (Fsp3) is 0.286. The van der Waals surface area contributed by atoms with E-state index in [1.54, 1.807) is 0 Å². The monoisotopic (exact) mass is 335 g/mol. The zero-order valence-electron chi connectivity index (χ0n) is 15.1. The fourth-order valence-electron chi connectivity index (χ4n) is 3.07. The number of aromatic amines is 1. The van der Waals surface area contributed by atoms with Crippen LogP contribution in [-0.2, 0) is 17.8 Å². The molecular formula is C21H25N3O. The minimum atomic E-state index is 0.167. The van der Waals surface area contributed by atoms with E-state index in [0.717, 1.165) is 23.2 Å². The Balaban J connectivity index is 1.60. The summed E-state index contributed by atoms with van der Waals surface area (Å²) in [6.07, 6.45) is 3.29. The summed E-state index contributed by atoms with van der Waals surface area (Å²) < 4.78 is 0. The van der Waals surface area contributed by atoms with Gasteiger partial charge in [-0.1, -0.05) is 30.3 Å². The molecule has 0 spiro atoms. The van der Waals surface area contributed by atoms with Crippen LogP contribution in [0.15, 0.2) is 54.7 Å². The van der Waals surface area contributed by atoms with E-state index in [2.05, 4.69) is 40.2 Å². The second kappa shape index (κ2) is 7.43. The minimum absolute atomic E-state index is 0.167. The first-order valence-electron chi connectivity index (χ1n) is 8.60. The average Bonchev–Trinajstić information content (AvgIpc) is 3.03. The maximum atomic E-state index is 12.5. The summed E-state index contributed by atoms with van der Waals surface area (Å²) in [6.45, 7) is 0.633. The van der Waals surface area contributed by atoms with E-state index in [9.17, 15) is 4.79 Å². The number of carbonyl (C=O) groups is 1. The molecule has 4 nitrogen and oxygen atoms in total. The van der Waals surface area contributed by atoms with E-state index in [1.165, 1.54) is 10.9 Å². The number of amides is 1. The number of hydrogen-bond donors (Lipinski definition) is 1. The third-order valence-corrected chi connectivity index (χ3v) is 4.56. The topological polar surface area (TPSA) is 39.3 Å². The number of carbonyl (C=O) groups excluding carboxylic acids is 1. The molecule has 130 valence electrons. The minimum Gasteiger partial charge on any atom is -0.378 e. The first-order valence-corrected chi connectivity index (χ1v) is 8.60. The van der Waals surface area contributed by atoms with Gasteiger partial charge in [-0.25, -0.2) is 0 Å². The smallest absolute Gasteiger partial charge is 0.222 e. The Morgan fingerprint density at radius 2 is 1.84 bits per heavy atom. The second-order valence-electron chi connectivity index (χ2n) is 6.67. The number of nitrogens with zero attached hydrogens (tertiary/aromatic N) is 2. The van der Waals surface area contributed by atoms with Crippen LogP contribution in [0.1, 0.15) is 17.5 Å². The van der Waals surface area contributed by atoms with Crippen molar-refractivity contribution in [1.29, 1.82) is 0 Å². The van der Waals surface area contributed by atoms with Crippen molar-refractivity contribution in [2.75, 3.05) is 26.0 Å². The normalized spacial score (nSPS) is 10.8. The molecule has 0 aliphatic heterocycles. The molecule has 1 amide bonds. The van der Waals surface area contributed by atoms with Crippen LogP contribution < -0.4 is 4.90 Å². The Hall–Kier alpha value is -2.75. The summed E-state index contributed by atoms with van der Waals surface area (Å²) in [4.78, 5) is 19.7. The van der Waals surface area contributed by atoms with Gasteiger partial charge in [0.15, 0.2) is 0 Å². The first kappa shape index (κ1) is 17.1. The molecule has 0 aliphatic rings. The highest BCUT2D eigenvalue weighted by molar-refractivity contribution is 5.84. The molecule has 3 aromatic rings. The van der Waals surface area contributed by atoms with Crippen molar-refractivity contribution in [1.82, 2.24) is 9.88 Å². The van der Waals surface area contributed by atoms with Crippen molar-refractivity contribution < 1.29 is 4.79 Å². The van der Waals surface area contributed by atoms with Crippen molar-refractivity contribution >= 4 is 22.5 Å². The van der Waals surface area contributed by atoms with Crippen LogP contribution in [0.5, 0.6) is 0 Å². The molecule has 0 radical (unpaired) electrons. The average molecular weight is 335 g/mol. The van der Waals surface area contributed by atoms with E-state index in [-0.39, 0.29) is 5.91 Å². The molecule has 1 heterocycles. The number of H-pyrrole nitrogens is 1. The molecule has 25 heavy (non-hydrogen) atoms. The van der Waals surface area contributed by atoms with E-state index in [0.29, 0.717) is 13.0 Å². The summed E-state index contributed by atoms with van der Waals surface area (Å²) in [7, 11) is 5.92. The Morgan fingerprint density at radius 3 is 2.64 bits per heavy atom. The summed E-state index contributed by atoms with van der Waals surface area (Å²) in [5, 5.41) is 1.21. The maximum Gasteiger partial charge on any atom is 0.222 e. The maximum absolute atomic E-state index is 12.5. The number of aryl methyl sites for hydroxylation is 1. The number of para-hydroxylation sites is 1. The van der Waals surface area contributed by atoms with Crippen LogP contribution in [0.2, 0.25) is 0 Å². The van der Waals surface area contributed by atoms with Crippen LogP contribution in [0.4, 0.5) is 5.69 Å². The lowest BCUT2D eigenvalue weighted by Gasteiger charge is -2.19. The van der Waals surface area contributed by atoms with E-state index < -0.39 is 0 Å². The lowest BCUT2D eigenvalue weighted by Crippen LogP contribution is -2.26. The van der Waals surface area contributed by atoms with Gasteiger partial charge in [0.25, 0.3) is 0 Å². The predicted octanol–water partition coefficient (Wildman–Crippen LogP) is 3.83. The van der Waals surface area contributed by atoms with Gasteiger partial charge in [0.2, 0.25) is 5.91 Å². The third-order valence-electron chi connectivity index (χ3n) is 4.56. The largest absolute Gasteiger partial charge is 0.378 e. The zero-order chi connectivity index (χ0) is 17.8. The van der Waals surface area contributed by atoms with Crippen LogP contribution in [-0.4, -0.2) is 36.9 Å². The van der Waals surface area contributed by atoms with Gasteiger partial charge < -0.3 is 14.8 Å². The van der Waals surface area contributed by atoms with Gasteiger partial charge in [0.05, 0.1) is 0 Å². The first-order chi connectivity index (χ1) is 12.0. The Bertz CT molecular complexity index is 866. The standard InChI is InChI=1S/C21H25N3O/c1-23(2)18-8-6-7-16(13-18)15-24(3)21(25)12-11-17-14-22-20-10-5-4-9-19(17)20/h4-10,13-14,22H,11-12,15H2,1-3H3. The number of nitrogens with one attached hydrogen (secondary N) is 1. The molecule has 0 saturated carbocycles. The number of anilines is 1. The molecule has 0 unspecified atom stereocenters. The lowest BCUT2D eigenvalue weighted by atomic mass is 10.1. The summed E-state index contributed by atoms with van der Waals surface area (Å²) in [5.41, 5.74) is 4.62. The number of aromatic nitrogens is 1. The SMILES string of the molecule is CN(Cc1cccc(N(C)C)c1)C(=O)CCc1c[nH]c2ccccc12. The molecule has 4 heteroatoms. The van der Waals surface area contributed by atoms with Crippen LogP contribution in [0.3, 0.4) is 0 Å². The summed E-state index contributed by atoms with van der Waals surface area (Å²) >= 11 is 0. The van der Waals surface area contributed by atoms with Gasteiger partial charge in [-0.2, -0.15) is 0 Å². The molecular weight excluding hydrogens is 310 g/mol. The number of hydrogen-bond acceptors (Lipinski definition) is 2. The highest BCUT2D eigenvalue weighted by Crippen LogP contribution is 2.20. The van der Waals surface area contributed by atoms with Gasteiger partial charge >= 0.3 is 0 Å². The second-order valence-corrected chi connectivity index (χ2v) is 6.67. The van der Waals surface area contributed by atoms with E-state index >= 15 is 0 Å². The molecule has 1 N–H and O–H groups in total. The van der Waals surface area contributed by atoms with Crippen molar-refractivity contribution in [3.05, 3.63) is 65.9 Å². The molecule has 2 aromatic carbocycles.